The third kappa shape index (κ3) is 7.28. The molecule has 1 unspecified atom stereocenters. The summed E-state index contributed by atoms with van der Waals surface area (Å²) >= 11 is 0. The zero-order valence-electron chi connectivity index (χ0n) is 19.1. The molecule has 0 fully saturated rings. The van der Waals surface area contributed by atoms with Crippen molar-refractivity contribution in [2.45, 2.75) is 60.0 Å². The number of benzene rings is 1. The molecule has 0 radical (unpaired) electrons. The minimum Gasteiger partial charge on any atom is -0.490 e. The molecule has 0 saturated carbocycles. The predicted molar refractivity (Wildman–Crippen MR) is 123 cm³/mol. The van der Waals surface area contributed by atoms with Crippen LogP contribution in [0.4, 0.5) is 0 Å². The highest BCUT2D eigenvalue weighted by atomic mass is 16.5. The second-order valence-electron chi connectivity index (χ2n) is 7.07. The van der Waals surface area contributed by atoms with Crippen LogP contribution in [0.5, 0.6) is 11.5 Å². The van der Waals surface area contributed by atoms with Gasteiger partial charge in [0, 0.05) is 32.0 Å². The molecule has 0 bridgehead atoms. The number of unbranched alkanes of at least 4 members (excludes halogenated alkanes) is 1. The van der Waals surface area contributed by atoms with Gasteiger partial charge in [-0.3, -0.25) is 4.99 Å². The highest BCUT2D eigenvalue weighted by molar-refractivity contribution is 5.80. The van der Waals surface area contributed by atoms with E-state index in [-0.39, 0.29) is 6.04 Å². The molecule has 0 aliphatic carbocycles. The second kappa shape index (κ2) is 12.8. The lowest BCUT2D eigenvalue weighted by molar-refractivity contribution is 0.287. The number of nitrogens with zero attached hydrogens (tertiary/aromatic N) is 3. The first kappa shape index (κ1) is 23.6. The third-order valence-electron chi connectivity index (χ3n) is 4.77. The molecular formula is C23H37N5O2. The van der Waals surface area contributed by atoms with Crippen LogP contribution in [-0.4, -0.2) is 41.8 Å². The average molecular weight is 416 g/mol. The molecule has 2 aromatic rings. The number of rotatable bonds is 12. The first-order valence-corrected chi connectivity index (χ1v) is 11.0. The first-order chi connectivity index (χ1) is 14.6. The highest BCUT2D eigenvalue weighted by Gasteiger charge is 2.12. The Bertz CT molecular complexity index is 788. The molecule has 1 aromatic heterocycles. The first-order valence-electron chi connectivity index (χ1n) is 11.0. The van der Waals surface area contributed by atoms with E-state index in [2.05, 4.69) is 40.1 Å². The molecule has 7 nitrogen and oxygen atoms in total. The summed E-state index contributed by atoms with van der Waals surface area (Å²) in [6, 6.07) is 6.18. The van der Waals surface area contributed by atoms with Gasteiger partial charge in [0.25, 0.3) is 0 Å². The Morgan fingerprint density at radius 3 is 2.57 bits per heavy atom. The van der Waals surface area contributed by atoms with Crippen molar-refractivity contribution in [2.24, 2.45) is 4.99 Å². The summed E-state index contributed by atoms with van der Waals surface area (Å²) in [5.41, 5.74) is 1.13. The third-order valence-corrected chi connectivity index (χ3v) is 4.77. The van der Waals surface area contributed by atoms with Crippen LogP contribution in [0.1, 0.15) is 58.0 Å². The van der Waals surface area contributed by atoms with Crippen molar-refractivity contribution < 1.29 is 9.47 Å². The van der Waals surface area contributed by atoms with Gasteiger partial charge in [-0.15, -0.1) is 0 Å². The smallest absolute Gasteiger partial charge is 0.191 e. The predicted octanol–water partition coefficient (Wildman–Crippen LogP) is 4.09. The molecule has 7 heteroatoms. The highest BCUT2D eigenvalue weighted by Crippen LogP contribution is 2.30. The summed E-state index contributed by atoms with van der Waals surface area (Å²) in [5.74, 6) is 3.45. The molecule has 0 saturated heterocycles. The lowest BCUT2D eigenvalue weighted by Gasteiger charge is -2.20. The molecule has 0 aliphatic heterocycles. The van der Waals surface area contributed by atoms with E-state index in [1.165, 1.54) is 0 Å². The zero-order chi connectivity index (χ0) is 21.8. The number of hydrogen-bond acceptors (Lipinski definition) is 4. The van der Waals surface area contributed by atoms with Gasteiger partial charge in [-0.05, 0) is 65.2 Å². The van der Waals surface area contributed by atoms with Crippen molar-refractivity contribution >= 4 is 5.96 Å². The number of aryl methyl sites for hydroxylation is 2. The minimum atomic E-state index is 0.0891. The Balaban J connectivity index is 1.93. The maximum Gasteiger partial charge on any atom is 0.191 e. The molecule has 2 rings (SSSR count). The molecular weight excluding hydrogens is 378 g/mol. The van der Waals surface area contributed by atoms with Gasteiger partial charge in [0.1, 0.15) is 5.82 Å². The maximum atomic E-state index is 5.76. The fraction of sp³-hybridized carbons (Fsp3) is 0.565. The van der Waals surface area contributed by atoms with E-state index in [4.69, 9.17) is 14.5 Å². The Kier molecular flexibility index (Phi) is 10.0. The van der Waals surface area contributed by atoms with Crippen molar-refractivity contribution in [2.75, 3.05) is 26.3 Å². The van der Waals surface area contributed by atoms with Crippen LogP contribution in [0.3, 0.4) is 0 Å². The molecule has 1 heterocycles. The molecule has 0 aliphatic rings. The molecule has 30 heavy (non-hydrogen) atoms. The summed E-state index contributed by atoms with van der Waals surface area (Å²) in [6.07, 6.45) is 5.98. The monoisotopic (exact) mass is 415 g/mol. The fourth-order valence-electron chi connectivity index (χ4n) is 3.17. The van der Waals surface area contributed by atoms with Crippen LogP contribution in [0, 0.1) is 6.92 Å². The number of aromatic nitrogens is 2. The largest absolute Gasteiger partial charge is 0.490 e. The van der Waals surface area contributed by atoms with E-state index >= 15 is 0 Å². The van der Waals surface area contributed by atoms with Crippen LogP contribution in [0.2, 0.25) is 0 Å². The molecule has 1 aromatic carbocycles. The molecule has 2 N–H and O–H groups in total. The number of imidazole rings is 1. The normalized spacial score (nSPS) is 12.5. The summed E-state index contributed by atoms with van der Waals surface area (Å²) in [7, 11) is 0. The van der Waals surface area contributed by atoms with Crippen LogP contribution in [0.15, 0.2) is 35.6 Å². The van der Waals surface area contributed by atoms with Crippen molar-refractivity contribution in [3.05, 3.63) is 42.0 Å². The van der Waals surface area contributed by atoms with E-state index in [1.807, 2.05) is 45.3 Å². The van der Waals surface area contributed by atoms with E-state index in [9.17, 15) is 0 Å². The summed E-state index contributed by atoms with van der Waals surface area (Å²) in [4.78, 5) is 9.00. The summed E-state index contributed by atoms with van der Waals surface area (Å²) in [5, 5.41) is 6.83. The topological polar surface area (TPSA) is 72.7 Å². The Labute approximate surface area is 180 Å². The minimum absolute atomic E-state index is 0.0891. The average Bonchev–Trinajstić information content (AvgIpc) is 3.14. The van der Waals surface area contributed by atoms with Gasteiger partial charge in [0.2, 0.25) is 0 Å². The number of ether oxygens (including phenoxy) is 2. The summed E-state index contributed by atoms with van der Waals surface area (Å²) < 4.78 is 13.6. The van der Waals surface area contributed by atoms with E-state index in [0.717, 1.165) is 61.3 Å². The van der Waals surface area contributed by atoms with E-state index in [0.29, 0.717) is 13.2 Å². The number of nitrogens with one attached hydrogen (secondary N) is 2. The quantitative estimate of drug-likeness (QED) is 0.310. The van der Waals surface area contributed by atoms with Gasteiger partial charge in [0.15, 0.2) is 17.5 Å². The SMILES string of the molecule is CCNC(=NCCCCn1ccnc1C)NC(C)c1ccc(OCC)c(OCC)c1. The standard InChI is InChI=1S/C23H37N5O2/c1-6-24-23(26-13-9-10-15-28-16-14-25-19(28)5)27-18(4)20-11-12-21(29-7-2)22(17-20)30-8-3/h11-12,14,16-18H,6-10,13,15H2,1-5H3,(H2,24,26,27). The van der Waals surface area contributed by atoms with Crippen LogP contribution >= 0.6 is 0 Å². The molecule has 166 valence electrons. The zero-order valence-corrected chi connectivity index (χ0v) is 19.1. The van der Waals surface area contributed by atoms with E-state index in [1.54, 1.807) is 0 Å². The van der Waals surface area contributed by atoms with Gasteiger partial charge in [-0.25, -0.2) is 4.98 Å². The van der Waals surface area contributed by atoms with Gasteiger partial charge in [-0.2, -0.15) is 0 Å². The van der Waals surface area contributed by atoms with Crippen molar-refractivity contribution in [3.63, 3.8) is 0 Å². The summed E-state index contributed by atoms with van der Waals surface area (Å²) in [6.45, 7) is 14.0. The van der Waals surface area contributed by atoms with Crippen molar-refractivity contribution in [1.82, 2.24) is 20.2 Å². The van der Waals surface area contributed by atoms with Crippen LogP contribution < -0.4 is 20.1 Å². The van der Waals surface area contributed by atoms with Crippen LogP contribution in [-0.2, 0) is 6.54 Å². The maximum absolute atomic E-state index is 5.76. The number of hydrogen-bond donors (Lipinski definition) is 2. The second-order valence-corrected chi connectivity index (χ2v) is 7.07. The Morgan fingerprint density at radius 2 is 1.90 bits per heavy atom. The number of guanidine groups is 1. The molecule has 0 spiro atoms. The fourth-order valence-corrected chi connectivity index (χ4v) is 3.17. The molecule has 1 atom stereocenters. The van der Waals surface area contributed by atoms with Crippen LogP contribution in [0.25, 0.3) is 0 Å². The molecule has 0 amide bonds. The Hall–Kier alpha value is -2.70. The van der Waals surface area contributed by atoms with Gasteiger partial charge >= 0.3 is 0 Å². The van der Waals surface area contributed by atoms with Crippen molar-refractivity contribution in [3.8, 4) is 11.5 Å². The lowest BCUT2D eigenvalue weighted by Crippen LogP contribution is -2.38. The van der Waals surface area contributed by atoms with Gasteiger partial charge in [-0.1, -0.05) is 6.07 Å². The Morgan fingerprint density at radius 1 is 1.13 bits per heavy atom. The lowest BCUT2D eigenvalue weighted by atomic mass is 10.1. The van der Waals surface area contributed by atoms with Crippen molar-refractivity contribution in [1.29, 1.82) is 0 Å². The number of aliphatic imine (C=N–C) groups is 1. The van der Waals surface area contributed by atoms with E-state index < -0.39 is 0 Å². The van der Waals surface area contributed by atoms with Gasteiger partial charge in [0.05, 0.1) is 19.3 Å². The van der Waals surface area contributed by atoms with Gasteiger partial charge < -0.3 is 24.7 Å².